The van der Waals surface area contributed by atoms with E-state index in [4.69, 9.17) is 19.2 Å². The summed E-state index contributed by atoms with van der Waals surface area (Å²) in [6.07, 6.45) is 0.0946. The highest BCUT2D eigenvalue weighted by Gasteiger charge is 2.28. The zero-order valence-electron chi connectivity index (χ0n) is 26.0. The van der Waals surface area contributed by atoms with E-state index in [1.165, 1.54) is 7.11 Å². The first kappa shape index (κ1) is 31.1. The Hall–Kier alpha value is -3.86. The number of pyridine rings is 2. The van der Waals surface area contributed by atoms with E-state index in [1.54, 1.807) is 25.0 Å². The molecule has 1 aliphatic rings. The van der Waals surface area contributed by atoms with Gasteiger partial charge in [0.1, 0.15) is 22.8 Å². The predicted molar refractivity (Wildman–Crippen MR) is 162 cm³/mol. The van der Waals surface area contributed by atoms with Crippen molar-refractivity contribution in [3.63, 3.8) is 0 Å². The molecule has 1 fully saturated rings. The molecule has 1 amide bonds. The normalized spacial score (nSPS) is 14.8. The second kappa shape index (κ2) is 12.6. The Morgan fingerprint density at radius 2 is 1.79 bits per heavy atom. The molecule has 1 unspecified atom stereocenters. The summed E-state index contributed by atoms with van der Waals surface area (Å²) in [7, 11) is 3.17. The Balaban J connectivity index is 1.62. The van der Waals surface area contributed by atoms with Crippen LogP contribution >= 0.6 is 0 Å². The highest BCUT2D eigenvalue weighted by atomic mass is 16.6. The number of aryl methyl sites for hydroxylation is 1. The Bertz CT molecular complexity index is 1510. The molecule has 4 rings (SSSR count). The first-order valence-electron chi connectivity index (χ1n) is 14.4. The number of aromatic nitrogens is 3. The molecule has 42 heavy (non-hydrogen) atoms. The molecule has 1 atom stereocenters. The molecule has 1 saturated heterocycles. The lowest BCUT2D eigenvalue weighted by molar-refractivity contribution is 0.0240. The largest absolute Gasteiger partial charge is 0.496 e. The number of nitrogens with zero attached hydrogens (tertiary/aromatic N) is 4. The summed E-state index contributed by atoms with van der Waals surface area (Å²) in [6, 6.07) is 5.59. The number of ether oxygens (including phenoxy) is 3. The molecule has 0 aromatic carbocycles. The Kier molecular flexibility index (Phi) is 9.30. The SMILES string of the molecule is COCC(C)n1c(C)c(C(=O)CCc2c(OC)cc(C)[nH]c2=O)c2ccc(N3CCN(C(=O)OC(C)(C)C)CC3)nc21. The van der Waals surface area contributed by atoms with Crippen LogP contribution in [0.25, 0.3) is 11.0 Å². The summed E-state index contributed by atoms with van der Waals surface area (Å²) in [5.74, 6) is 1.20. The maximum absolute atomic E-state index is 13.7. The summed E-state index contributed by atoms with van der Waals surface area (Å²) in [6.45, 7) is 14.1. The molecule has 11 heteroatoms. The van der Waals surface area contributed by atoms with Crippen molar-refractivity contribution < 1.29 is 23.8 Å². The second-order valence-corrected chi connectivity index (χ2v) is 11.9. The van der Waals surface area contributed by atoms with Crippen molar-refractivity contribution in [1.82, 2.24) is 19.4 Å². The third-order valence-corrected chi connectivity index (χ3v) is 7.52. The van der Waals surface area contributed by atoms with Gasteiger partial charge in [-0.15, -0.1) is 0 Å². The highest BCUT2D eigenvalue weighted by Crippen LogP contribution is 2.32. The molecule has 11 nitrogen and oxygen atoms in total. The number of carbonyl (C=O) groups is 2. The number of hydrogen-bond donors (Lipinski definition) is 1. The van der Waals surface area contributed by atoms with E-state index in [9.17, 15) is 14.4 Å². The van der Waals surface area contributed by atoms with Gasteiger partial charge in [-0.05, 0) is 66.2 Å². The number of aromatic amines is 1. The van der Waals surface area contributed by atoms with Gasteiger partial charge in [0.15, 0.2) is 5.78 Å². The van der Waals surface area contributed by atoms with Crippen LogP contribution in [-0.4, -0.2) is 83.9 Å². The number of fused-ring (bicyclic) bond motifs is 1. The number of Topliss-reactive ketones (excluding diaryl/α,β-unsaturated/α-hetero) is 1. The average Bonchev–Trinajstić information content (AvgIpc) is 3.22. The molecule has 0 radical (unpaired) electrons. The average molecular weight is 582 g/mol. The molecule has 4 heterocycles. The molecule has 1 aliphatic heterocycles. The summed E-state index contributed by atoms with van der Waals surface area (Å²) in [4.78, 5) is 50.6. The molecule has 3 aromatic rings. The molecule has 0 bridgehead atoms. The van der Waals surface area contributed by atoms with Crippen LogP contribution in [0.5, 0.6) is 5.75 Å². The van der Waals surface area contributed by atoms with Crippen molar-refractivity contribution in [1.29, 1.82) is 0 Å². The van der Waals surface area contributed by atoms with Gasteiger partial charge in [-0.25, -0.2) is 9.78 Å². The van der Waals surface area contributed by atoms with Crippen LogP contribution in [-0.2, 0) is 15.9 Å². The highest BCUT2D eigenvalue weighted by molar-refractivity contribution is 6.09. The molecular formula is C31H43N5O6. The number of piperazine rings is 1. The first-order chi connectivity index (χ1) is 19.8. The van der Waals surface area contributed by atoms with Crippen LogP contribution in [0.2, 0.25) is 0 Å². The maximum atomic E-state index is 13.7. The lowest BCUT2D eigenvalue weighted by atomic mass is 10.0. The number of H-pyrrole nitrogens is 1. The summed E-state index contributed by atoms with van der Waals surface area (Å²) >= 11 is 0. The number of rotatable bonds is 9. The van der Waals surface area contributed by atoms with Crippen molar-refractivity contribution in [2.24, 2.45) is 0 Å². The number of carbonyl (C=O) groups excluding carboxylic acids is 2. The van der Waals surface area contributed by atoms with E-state index in [2.05, 4.69) is 14.5 Å². The quantitative estimate of drug-likeness (QED) is 0.369. The van der Waals surface area contributed by atoms with E-state index in [0.717, 1.165) is 16.9 Å². The van der Waals surface area contributed by atoms with Gasteiger partial charge in [-0.3, -0.25) is 9.59 Å². The van der Waals surface area contributed by atoms with Gasteiger partial charge in [0, 0.05) is 62.0 Å². The van der Waals surface area contributed by atoms with E-state index in [0.29, 0.717) is 61.0 Å². The zero-order valence-corrected chi connectivity index (χ0v) is 26.0. The molecule has 0 aliphatic carbocycles. The Morgan fingerprint density at radius 3 is 2.40 bits per heavy atom. The van der Waals surface area contributed by atoms with Crippen molar-refractivity contribution in [2.45, 2.75) is 66.0 Å². The second-order valence-electron chi connectivity index (χ2n) is 11.9. The Labute approximate surface area is 246 Å². The van der Waals surface area contributed by atoms with Gasteiger partial charge >= 0.3 is 6.09 Å². The fourth-order valence-corrected chi connectivity index (χ4v) is 5.59. The first-order valence-corrected chi connectivity index (χ1v) is 14.4. The minimum Gasteiger partial charge on any atom is -0.496 e. The maximum Gasteiger partial charge on any atom is 0.410 e. The van der Waals surface area contributed by atoms with Crippen LogP contribution in [0.4, 0.5) is 10.6 Å². The smallest absolute Gasteiger partial charge is 0.410 e. The minimum absolute atomic E-state index is 0.0640. The number of ketones is 1. The van der Waals surface area contributed by atoms with Gasteiger partial charge < -0.3 is 33.6 Å². The predicted octanol–water partition coefficient (Wildman–Crippen LogP) is 4.43. The summed E-state index contributed by atoms with van der Waals surface area (Å²) in [5, 5.41) is 0.765. The van der Waals surface area contributed by atoms with Crippen molar-refractivity contribution in [3.8, 4) is 5.75 Å². The molecule has 0 spiro atoms. The van der Waals surface area contributed by atoms with Gasteiger partial charge in [-0.1, -0.05) is 0 Å². The standard InChI is InChI=1S/C31H43N5O6/c1-19-17-25(41-8)22(29(38)32-19)9-11-24(37)27-21(3)36(20(2)18-40-7)28-23(27)10-12-26(33-28)34-13-15-35(16-14-34)30(39)42-31(4,5)6/h10,12,17,20H,9,11,13-16,18H2,1-8H3,(H,32,38). The topological polar surface area (TPSA) is 119 Å². The van der Waals surface area contributed by atoms with Gasteiger partial charge in [0.2, 0.25) is 0 Å². The molecule has 3 aromatic heterocycles. The fraction of sp³-hybridized carbons (Fsp3) is 0.548. The lowest BCUT2D eigenvalue weighted by Crippen LogP contribution is -2.50. The van der Waals surface area contributed by atoms with Crippen LogP contribution in [0, 0.1) is 13.8 Å². The third-order valence-electron chi connectivity index (χ3n) is 7.52. The van der Waals surface area contributed by atoms with Crippen molar-refractivity contribution >= 4 is 28.7 Å². The molecule has 0 saturated carbocycles. The minimum atomic E-state index is -0.542. The van der Waals surface area contributed by atoms with Crippen LogP contribution in [0.3, 0.4) is 0 Å². The number of nitrogens with one attached hydrogen (secondary N) is 1. The number of methoxy groups -OCH3 is 2. The monoisotopic (exact) mass is 581 g/mol. The molecule has 1 N–H and O–H groups in total. The Morgan fingerprint density at radius 1 is 1.10 bits per heavy atom. The number of hydrogen-bond acceptors (Lipinski definition) is 8. The van der Waals surface area contributed by atoms with E-state index in [-0.39, 0.29) is 36.3 Å². The number of amides is 1. The van der Waals surface area contributed by atoms with Gasteiger partial charge in [0.05, 0.1) is 25.3 Å². The van der Waals surface area contributed by atoms with Gasteiger partial charge in [-0.2, -0.15) is 0 Å². The lowest BCUT2D eigenvalue weighted by Gasteiger charge is -2.36. The number of anilines is 1. The van der Waals surface area contributed by atoms with Crippen LogP contribution < -0.4 is 15.2 Å². The van der Waals surface area contributed by atoms with Crippen molar-refractivity contribution in [3.05, 3.63) is 51.1 Å². The third kappa shape index (κ3) is 6.61. The van der Waals surface area contributed by atoms with E-state index < -0.39 is 5.60 Å². The molecular weight excluding hydrogens is 538 g/mol. The summed E-state index contributed by atoms with van der Waals surface area (Å²) in [5.41, 5.74) is 2.49. The summed E-state index contributed by atoms with van der Waals surface area (Å²) < 4.78 is 18.5. The van der Waals surface area contributed by atoms with Crippen molar-refractivity contribution in [2.75, 3.05) is 51.9 Å². The van der Waals surface area contributed by atoms with E-state index in [1.807, 2.05) is 46.8 Å². The van der Waals surface area contributed by atoms with Crippen LogP contribution in [0.15, 0.2) is 23.0 Å². The molecule has 228 valence electrons. The van der Waals surface area contributed by atoms with E-state index >= 15 is 0 Å². The van der Waals surface area contributed by atoms with Gasteiger partial charge in [0.25, 0.3) is 5.56 Å². The zero-order chi connectivity index (χ0) is 30.8. The fourth-order valence-electron chi connectivity index (χ4n) is 5.59. The van der Waals surface area contributed by atoms with Crippen LogP contribution in [0.1, 0.15) is 67.5 Å².